The predicted molar refractivity (Wildman–Crippen MR) is 84.8 cm³/mol. The summed E-state index contributed by atoms with van der Waals surface area (Å²) in [5.41, 5.74) is -0.293. The Morgan fingerprint density at radius 2 is 1.86 bits per heavy atom. The molecule has 0 saturated carbocycles. The highest BCUT2D eigenvalue weighted by Crippen LogP contribution is 2.28. The van der Waals surface area contributed by atoms with Gasteiger partial charge in [0.25, 0.3) is 0 Å². The number of aliphatic hydroxyl groups is 1. The fraction of sp³-hybridized carbons (Fsp3) is 0.600. The molecule has 1 atom stereocenters. The van der Waals surface area contributed by atoms with Crippen molar-refractivity contribution in [3.05, 3.63) is 18.2 Å². The third kappa shape index (κ3) is 4.86. The van der Waals surface area contributed by atoms with Crippen molar-refractivity contribution in [3.8, 4) is 11.5 Å². The first kappa shape index (κ1) is 18.7. The molecule has 7 heteroatoms. The van der Waals surface area contributed by atoms with E-state index in [9.17, 15) is 13.5 Å². The lowest BCUT2D eigenvalue weighted by molar-refractivity contribution is 0.0571. The van der Waals surface area contributed by atoms with E-state index in [4.69, 9.17) is 9.47 Å². The Bertz CT molecular complexity index is 592. The molecule has 6 nitrogen and oxygen atoms in total. The second-order valence-corrected chi connectivity index (χ2v) is 7.82. The first-order valence-corrected chi connectivity index (χ1v) is 8.50. The normalized spacial score (nSPS) is 13.7. The van der Waals surface area contributed by atoms with Crippen LogP contribution in [0.2, 0.25) is 0 Å². The summed E-state index contributed by atoms with van der Waals surface area (Å²) >= 11 is 0. The number of hydrogen-bond acceptors (Lipinski definition) is 5. The molecule has 0 aromatic heterocycles. The van der Waals surface area contributed by atoms with Crippen molar-refractivity contribution >= 4 is 10.0 Å². The van der Waals surface area contributed by atoms with E-state index in [1.807, 2.05) is 20.8 Å². The fourth-order valence-electron chi connectivity index (χ4n) is 1.83. The van der Waals surface area contributed by atoms with Gasteiger partial charge in [-0.25, -0.2) is 13.1 Å². The molecule has 0 aliphatic heterocycles. The molecule has 1 rings (SSSR count). The van der Waals surface area contributed by atoms with Gasteiger partial charge in [-0.05, 0) is 24.0 Å². The van der Waals surface area contributed by atoms with Crippen LogP contribution < -0.4 is 14.2 Å². The fourth-order valence-corrected chi connectivity index (χ4v) is 3.06. The monoisotopic (exact) mass is 331 g/mol. The molecule has 0 saturated heterocycles. The minimum atomic E-state index is -3.74. The van der Waals surface area contributed by atoms with Gasteiger partial charge in [-0.1, -0.05) is 20.8 Å². The highest BCUT2D eigenvalue weighted by Gasteiger charge is 2.24. The first-order chi connectivity index (χ1) is 10.1. The van der Waals surface area contributed by atoms with Crippen molar-refractivity contribution in [2.24, 2.45) is 5.41 Å². The zero-order valence-corrected chi connectivity index (χ0v) is 14.5. The number of nitrogens with one attached hydrogen (secondary N) is 1. The van der Waals surface area contributed by atoms with Gasteiger partial charge in [-0.2, -0.15) is 0 Å². The smallest absolute Gasteiger partial charge is 0.244 e. The maximum absolute atomic E-state index is 12.4. The molecule has 0 radical (unpaired) electrons. The van der Waals surface area contributed by atoms with Gasteiger partial charge in [0.1, 0.15) is 16.4 Å². The Labute approximate surface area is 132 Å². The van der Waals surface area contributed by atoms with Crippen molar-refractivity contribution in [1.82, 2.24) is 4.72 Å². The maximum Gasteiger partial charge on any atom is 0.244 e. The van der Waals surface area contributed by atoms with Crippen LogP contribution in [0.25, 0.3) is 0 Å². The Kier molecular flexibility index (Phi) is 6.22. The molecule has 0 aliphatic carbocycles. The third-order valence-corrected chi connectivity index (χ3v) is 4.85. The number of hydrogen-bond donors (Lipinski definition) is 2. The summed E-state index contributed by atoms with van der Waals surface area (Å²) in [7, 11) is -0.872. The van der Waals surface area contributed by atoms with E-state index in [1.165, 1.54) is 26.4 Å². The molecule has 22 heavy (non-hydrogen) atoms. The lowest BCUT2D eigenvalue weighted by Crippen LogP contribution is -2.32. The van der Waals surface area contributed by atoms with Crippen LogP contribution in [0, 0.1) is 5.41 Å². The van der Waals surface area contributed by atoms with Gasteiger partial charge in [0.05, 0.1) is 20.3 Å². The Balaban J connectivity index is 2.87. The van der Waals surface area contributed by atoms with Gasteiger partial charge < -0.3 is 14.6 Å². The van der Waals surface area contributed by atoms with Crippen molar-refractivity contribution in [3.63, 3.8) is 0 Å². The highest BCUT2D eigenvalue weighted by atomic mass is 32.2. The maximum atomic E-state index is 12.4. The third-order valence-electron chi connectivity index (χ3n) is 3.37. The molecule has 0 aliphatic rings. The van der Waals surface area contributed by atoms with E-state index in [-0.39, 0.29) is 22.6 Å². The van der Waals surface area contributed by atoms with Gasteiger partial charge in [0.2, 0.25) is 10.0 Å². The van der Waals surface area contributed by atoms with Crippen LogP contribution in [0.1, 0.15) is 27.2 Å². The highest BCUT2D eigenvalue weighted by molar-refractivity contribution is 7.89. The van der Waals surface area contributed by atoms with Gasteiger partial charge in [0, 0.05) is 12.6 Å². The van der Waals surface area contributed by atoms with E-state index in [0.29, 0.717) is 12.2 Å². The van der Waals surface area contributed by atoms with Crippen LogP contribution in [0.3, 0.4) is 0 Å². The van der Waals surface area contributed by atoms with Crippen LogP contribution in [-0.2, 0) is 10.0 Å². The zero-order valence-electron chi connectivity index (χ0n) is 13.7. The second-order valence-electron chi connectivity index (χ2n) is 6.09. The molecule has 0 bridgehead atoms. The topological polar surface area (TPSA) is 84.9 Å². The molecule has 2 N–H and O–H groups in total. The lowest BCUT2D eigenvalue weighted by Gasteiger charge is -2.25. The molecule has 0 amide bonds. The molecule has 0 spiro atoms. The van der Waals surface area contributed by atoms with E-state index < -0.39 is 16.1 Å². The van der Waals surface area contributed by atoms with Crippen molar-refractivity contribution in [2.45, 2.75) is 38.2 Å². The minimum absolute atomic E-state index is 0.0135. The van der Waals surface area contributed by atoms with Gasteiger partial charge in [0.15, 0.2) is 0 Å². The van der Waals surface area contributed by atoms with Crippen molar-refractivity contribution in [1.29, 1.82) is 0 Å². The van der Waals surface area contributed by atoms with E-state index in [2.05, 4.69) is 4.72 Å². The zero-order chi connectivity index (χ0) is 17.0. The number of rotatable bonds is 7. The van der Waals surface area contributed by atoms with E-state index >= 15 is 0 Å². The molecule has 1 aromatic rings. The molecular weight excluding hydrogens is 306 g/mol. The summed E-state index contributed by atoms with van der Waals surface area (Å²) in [6, 6.07) is 4.57. The van der Waals surface area contributed by atoms with Crippen LogP contribution in [0.4, 0.5) is 0 Å². The summed E-state index contributed by atoms with van der Waals surface area (Å²) in [6.07, 6.45) is -0.267. The van der Waals surface area contributed by atoms with Crippen LogP contribution in [0.15, 0.2) is 23.1 Å². The Morgan fingerprint density at radius 3 is 2.36 bits per heavy atom. The number of methoxy groups -OCH3 is 2. The minimum Gasteiger partial charge on any atom is -0.497 e. The molecule has 1 aromatic carbocycles. The summed E-state index contributed by atoms with van der Waals surface area (Å²) in [4.78, 5) is 0.0135. The standard InChI is InChI=1S/C15H25NO5S/c1-15(2,3)14(17)8-9-16-22(18,19)13-10-11(20-4)6-7-12(13)21-5/h6-7,10,14,16-17H,8-9H2,1-5H3. The largest absolute Gasteiger partial charge is 0.497 e. The van der Waals surface area contributed by atoms with Crippen LogP contribution in [-0.4, -0.2) is 40.4 Å². The quantitative estimate of drug-likeness (QED) is 0.795. The van der Waals surface area contributed by atoms with E-state index in [0.717, 1.165) is 0 Å². The average Bonchev–Trinajstić information content (AvgIpc) is 2.45. The second kappa shape index (κ2) is 7.30. The average molecular weight is 331 g/mol. The Morgan fingerprint density at radius 1 is 1.23 bits per heavy atom. The summed E-state index contributed by atoms with van der Waals surface area (Å²) in [5.74, 6) is 0.667. The summed E-state index contributed by atoms with van der Waals surface area (Å²) in [5, 5.41) is 9.96. The molecule has 0 fully saturated rings. The summed E-state index contributed by atoms with van der Waals surface area (Å²) < 4.78 is 37.4. The first-order valence-electron chi connectivity index (χ1n) is 7.01. The SMILES string of the molecule is COc1ccc(OC)c(S(=O)(=O)NCCC(O)C(C)(C)C)c1. The summed E-state index contributed by atoms with van der Waals surface area (Å²) in [6.45, 7) is 5.84. The van der Waals surface area contributed by atoms with Crippen molar-refractivity contribution in [2.75, 3.05) is 20.8 Å². The number of aliphatic hydroxyl groups excluding tert-OH is 1. The molecule has 1 unspecified atom stereocenters. The van der Waals surface area contributed by atoms with Gasteiger partial charge >= 0.3 is 0 Å². The lowest BCUT2D eigenvalue weighted by atomic mass is 9.87. The van der Waals surface area contributed by atoms with Crippen LogP contribution in [0.5, 0.6) is 11.5 Å². The van der Waals surface area contributed by atoms with Gasteiger partial charge in [-0.3, -0.25) is 0 Å². The van der Waals surface area contributed by atoms with Crippen molar-refractivity contribution < 1.29 is 23.0 Å². The Hall–Kier alpha value is -1.31. The van der Waals surface area contributed by atoms with Crippen LogP contribution >= 0.6 is 0 Å². The number of benzene rings is 1. The molecule has 0 heterocycles. The predicted octanol–water partition coefficient (Wildman–Crippen LogP) is 1.78. The van der Waals surface area contributed by atoms with E-state index in [1.54, 1.807) is 6.07 Å². The number of ether oxygens (including phenoxy) is 2. The number of sulfonamides is 1. The molecular formula is C15H25NO5S. The van der Waals surface area contributed by atoms with Gasteiger partial charge in [-0.15, -0.1) is 0 Å². The molecule has 126 valence electrons.